The Morgan fingerprint density at radius 2 is 1.76 bits per heavy atom. The minimum atomic E-state index is -0.577. The lowest BCUT2D eigenvalue weighted by Crippen LogP contribution is -2.46. The first-order chi connectivity index (χ1) is 15.8. The molecule has 0 saturated heterocycles. The van der Waals surface area contributed by atoms with Gasteiger partial charge in [-0.1, -0.05) is 18.2 Å². The predicted octanol–water partition coefficient (Wildman–Crippen LogP) is 4.80. The highest BCUT2D eigenvalue weighted by molar-refractivity contribution is 6.19. The van der Waals surface area contributed by atoms with E-state index in [2.05, 4.69) is 0 Å². The third-order valence-corrected chi connectivity index (χ3v) is 5.18. The van der Waals surface area contributed by atoms with Crippen LogP contribution < -0.4 is 9.47 Å². The van der Waals surface area contributed by atoms with Crippen LogP contribution in [0.4, 0.5) is 4.39 Å². The molecule has 0 aliphatic carbocycles. The van der Waals surface area contributed by atoms with Crippen LogP contribution in [0.15, 0.2) is 59.2 Å². The summed E-state index contributed by atoms with van der Waals surface area (Å²) in [5, 5.41) is 9.47. The molecule has 0 radical (unpaired) electrons. The van der Waals surface area contributed by atoms with Crippen molar-refractivity contribution in [3.05, 3.63) is 76.1 Å². The highest BCUT2D eigenvalue weighted by Crippen LogP contribution is 2.33. The fourth-order valence-electron chi connectivity index (χ4n) is 3.48. The number of carbonyl (C=O) groups excluding carboxylic acids is 2. The zero-order chi connectivity index (χ0) is 24.1. The first-order valence-electron chi connectivity index (χ1n) is 10.6. The zero-order valence-corrected chi connectivity index (χ0v) is 19.0. The number of rotatable bonds is 7. The molecule has 1 heterocycles. The summed E-state index contributed by atoms with van der Waals surface area (Å²) in [5.41, 5.74) is 2.05. The van der Waals surface area contributed by atoms with Crippen LogP contribution in [-0.2, 0) is 16.2 Å². The van der Waals surface area contributed by atoms with E-state index in [9.17, 15) is 19.2 Å². The summed E-state index contributed by atoms with van der Waals surface area (Å²) in [7, 11) is 0. The van der Waals surface area contributed by atoms with Crippen LogP contribution in [0, 0.1) is 17.1 Å². The molecular weight excluding hydrogens is 423 g/mol. The summed E-state index contributed by atoms with van der Waals surface area (Å²) >= 11 is 0. The molecular formula is C26H25FN2O4. The van der Waals surface area contributed by atoms with Crippen molar-refractivity contribution < 1.29 is 23.5 Å². The van der Waals surface area contributed by atoms with Gasteiger partial charge in [-0.15, -0.1) is 0 Å². The lowest BCUT2D eigenvalue weighted by molar-refractivity contribution is -0.142. The molecule has 0 saturated carbocycles. The molecule has 2 amide bonds. The van der Waals surface area contributed by atoms with Gasteiger partial charge in [0.25, 0.3) is 11.8 Å². The van der Waals surface area contributed by atoms with Crippen LogP contribution in [0.25, 0.3) is 6.08 Å². The Morgan fingerprint density at radius 1 is 1.06 bits per heavy atom. The summed E-state index contributed by atoms with van der Waals surface area (Å²) in [6.07, 6.45) is 1.64. The van der Waals surface area contributed by atoms with Crippen LogP contribution >= 0.6 is 0 Å². The fraction of sp³-hybridized carbons (Fsp3) is 0.269. The van der Waals surface area contributed by atoms with Gasteiger partial charge in [-0.25, -0.2) is 4.39 Å². The molecule has 33 heavy (non-hydrogen) atoms. The second kappa shape index (κ2) is 10.1. The van der Waals surface area contributed by atoms with Crippen molar-refractivity contribution in [2.24, 2.45) is 0 Å². The van der Waals surface area contributed by atoms with E-state index < -0.39 is 11.8 Å². The summed E-state index contributed by atoms with van der Waals surface area (Å²) in [5.74, 6) is -0.351. The van der Waals surface area contributed by atoms with Crippen molar-refractivity contribution in [3.63, 3.8) is 0 Å². The van der Waals surface area contributed by atoms with E-state index in [1.165, 1.54) is 12.1 Å². The highest BCUT2D eigenvalue weighted by atomic mass is 19.1. The van der Waals surface area contributed by atoms with E-state index in [4.69, 9.17) is 9.47 Å². The summed E-state index contributed by atoms with van der Waals surface area (Å²) in [6.45, 7) is 7.53. The van der Waals surface area contributed by atoms with Crippen molar-refractivity contribution in [1.82, 2.24) is 4.90 Å². The molecule has 0 aromatic heterocycles. The number of ether oxygens (including phenoxy) is 2. The molecule has 2 aromatic carbocycles. The minimum absolute atomic E-state index is 0.0427. The maximum absolute atomic E-state index is 13.1. The van der Waals surface area contributed by atoms with Gasteiger partial charge >= 0.3 is 0 Å². The lowest BCUT2D eigenvalue weighted by atomic mass is 9.93. The quantitative estimate of drug-likeness (QED) is 0.449. The Hall–Kier alpha value is -3.92. The smallest absolute Gasteiger partial charge is 0.271 e. The van der Waals surface area contributed by atoms with Gasteiger partial charge in [0.05, 0.1) is 6.61 Å². The maximum atomic E-state index is 13.1. The number of imide groups is 1. The van der Waals surface area contributed by atoms with Crippen LogP contribution in [0.5, 0.6) is 11.5 Å². The lowest BCUT2D eigenvalue weighted by Gasteiger charge is -2.30. The van der Waals surface area contributed by atoms with Gasteiger partial charge in [-0.3, -0.25) is 14.5 Å². The number of halogens is 1. The zero-order valence-electron chi connectivity index (χ0n) is 19.0. The maximum Gasteiger partial charge on any atom is 0.271 e. The topological polar surface area (TPSA) is 79.6 Å². The average Bonchev–Trinajstić information content (AvgIpc) is 2.77. The number of hydrogen-bond donors (Lipinski definition) is 0. The molecule has 170 valence electrons. The van der Waals surface area contributed by atoms with Gasteiger partial charge in [-0.2, -0.15) is 5.26 Å². The summed E-state index contributed by atoms with van der Waals surface area (Å²) in [4.78, 5) is 26.7. The van der Waals surface area contributed by atoms with E-state index in [0.29, 0.717) is 29.2 Å². The molecule has 7 heteroatoms. The molecule has 1 aliphatic rings. The van der Waals surface area contributed by atoms with E-state index in [-0.39, 0.29) is 29.6 Å². The van der Waals surface area contributed by atoms with Gasteiger partial charge < -0.3 is 9.47 Å². The number of nitrogens with zero attached hydrogens (tertiary/aromatic N) is 2. The molecule has 0 fully saturated rings. The van der Waals surface area contributed by atoms with Gasteiger partial charge in [0.2, 0.25) is 0 Å². The van der Waals surface area contributed by atoms with Gasteiger partial charge in [0.15, 0.2) is 11.5 Å². The molecule has 3 rings (SSSR count). The van der Waals surface area contributed by atoms with Gasteiger partial charge in [0.1, 0.15) is 24.1 Å². The number of nitriles is 1. The SMILES string of the molecule is CCOc1cc(/C=C2/C(=O)N(C(C)C)C(=O)C(C#N)=C2C)ccc1OCc1ccc(F)cc1. The molecule has 2 aromatic rings. The molecule has 0 bridgehead atoms. The van der Waals surface area contributed by atoms with E-state index in [0.717, 1.165) is 10.5 Å². The monoisotopic (exact) mass is 448 g/mol. The van der Waals surface area contributed by atoms with Crippen LogP contribution in [0.3, 0.4) is 0 Å². The summed E-state index contributed by atoms with van der Waals surface area (Å²) < 4.78 is 24.7. The minimum Gasteiger partial charge on any atom is -0.490 e. The molecule has 1 aliphatic heterocycles. The predicted molar refractivity (Wildman–Crippen MR) is 122 cm³/mol. The Balaban J connectivity index is 1.95. The van der Waals surface area contributed by atoms with Crippen molar-refractivity contribution in [2.45, 2.75) is 40.3 Å². The standard InChI is InChI=1S/C26H25FN2O4/c1-5-32-24-13-19(8-11-23(24)33-15-18-6-9-20(27)10-7-18)12-21-17(4)22(14-28)26(31)29(16(2)3)25(21)30/h6-13,16H,5,15H2,1-4H3/b21-12+. The Morgan fingerprint density at radius 3 is 2.36 bits per heavy atom. The Bertz CT molecular complexity index is 1170. The first-order valence-corrected chi connectivity index (χ1v) is 10.6. The first kappa shape index (κ1) is 23.7. The third-order valence-electron chi connectivity index (χ3n) is 5.18. The van der Waals surface area contributed by atoms with Crippen LogP contribution in [-0.4, -0.2) is 29.4 Å². The Kier molecular flexibility index (Phi) is 7.29. The number of benzene rings is 2. The van der Waals surface area contributed by atoms with E-state index >= 15 is 0 Å². The highest BCUT2D eigenvalue weighted by Gasteiger charge is 2.36. The second-order valence-corrected chi connectivity index (χ2v) is 7.80. The van der Waals surface area contributed by atoms with Crippen LogP contribution in [0.1, 0.15) is 38.8 Å². The van der Waals surface area contributed by atoms with E-state index in [1.54, 1.807) is 57.2 Å². The number of amides is 2. The molecule has 0 unspecified atom stereocenters. The molecule has 0 atom stereocenters. The van der Waals surface area contributed by atoms with Crippen molar-refractivity contribution in [1.29, 1.82) is 5.26 Å². The average molecular weight is 448 g/mol. The summed E-state index contributed by atoms with van der Waals surface area (Å²) in [6, 6.07) is 12.8. The largest absolute Gasteiger partial charge is 0.490 e. The van der Waals surface area contributed by atoms with Crippen molar-refractivity contribution >= 4 is 17.9 Å². The van der Waals surface area contributed by atoms with Gasteiger partial charge in [0, 0.05) is 11.6 Å². The second-order valence-electron chi connectivity index (χ2n) is 7.80. The normalized spacial score (nSPS) is 15.3. The van der Waals surface area contributed by atoms with Gasteiger partial charge in [-0.05, 0) is 74.7 Å². The number of hydrogen-bond acceptors (Lipinski definition) is 5. The molecule has 0 spiro atoms. The fourth-order valence-corrected chi connectivity index (χ4v) is 3.48. The van der Waals surface area contributed by atoms with Crippen molar-refractivity contribution in [3.8, 4) is 17.6 Å². The van der Waals surface area contributed by atoms with E-state index in [1.807, 2.05) is 13.0 Å². The Labute approximate surface area is 192 Å². The third kappa shape index (κ3) is 5.12. The number of carbonyl (C=O) groups is 2. The molecule has 0 N–H and O–H groups in total. The van der Waals surface area contributed by atoms with Crippen LogP contribution in [0.2, 0.25) is 0 Å². The van der Waals surface area contributed by atoms with Crippen molar-refractivity contribution in [2.75, 3.05) is 6.61 Å². The molecule has 6 nitrogen and oxygen atoms in total.